The van der Waals surface area contributed by atoms with Crippen molar-refractivity contribution in [2.75, 3.05) is 0 Å². The normalized spacial score (nSPS) is 10.4. The van der Waals surface area contributed by atoms with E-state index in [1.54, 1.807) is 12.4 Å². The Morgan fingerprint density at radius 3 is 2.72 bits per heavy atom. The molecule has 1 heterocycles. The monoisotopic (exact) mass is 367 g/mol. The van der Waals surface area contributed by atoms with Crippen LogP contribution in [0.1, 0.15) is 21.5 Å². The number of nitrogens with zero attached hydrogens (tertiary/aromatic N) is 1. The molecule has 0 saturated heterocycles. The van der Waals surface area contributed by atoms with E-state index in [9.17, 15) is 4.79 Å². The van der Waals surface area contributed by atoms with Crippen LogP contribution in [0.2, 0.25) is 0 Å². The molecular weight excluding hydrogens is 358 g/mol. The third-order valence-electron chi connectivity index (χ3n) is 2.55. The van der Waals surface area contributed by atoms with Gasteiger partial charge in [0.05, 0.1) is 0 Å². The van der Waals surface area contributed by atoms with Gasteiger partial charge in [-0.25, -0.2) is 0 Å². The largest absolute Gasteiger partial charge is 0.294 e. The summed E-state index contributed by atoms with van der Waals surface area (Å²) in [5.41, 5.74) is 2.70. The molecule has 0 atom stereocenters. The van der Waals surface area contributed by atoms with E-state index in [4.69, 9.17) is 0 Å². The lowest BCUT2D eigenvalue weighted by molar-refractivity contribution is 0.0992. The highest BCUT2D eigenvalue weighted by Crippen LogP contribution is 2.20. The molecule has 2 aromatic rings. The fraction of sp³-hybridized carbons (Fsp3) is 0.143. The van der Waals surface area contributed by atoms with Gasteiger partial charge in [0.1, 0.15) is 0 Å². The first-order valence-corrected chi connectivity index (χ1v) is 7.03. The Bertz CT molecular complexity index is 596. The fourth-order valence-electron chi connectivity index (χ4n) is 1.69. The molecule has 0 fully saturated rings. The summed E-state index contributed by atoms with van der Waals surface area (Å²) >= 11 is 6.76. The number of carbonyl (C=O) groups is 1. The molecule has 0 unspecified atom stereocenters. The molecule has 0 spiro atoms. The second kappa shape index (κ2) is 5.76. The van der Waals surface area contributed by atoms with Gasteiger partial charge in [0.15, 0.2) is 5.78 Å². The molecule has 2 nitrogen and oxygen atoms in total. The van der Waals surface area contributed by atoms with E-state index in [2.05, 4.69) is 36.8 Å². The van der Waals surface area contributed by atoms with Crippen molar-refractivity contribution in [3.05, 3.63) is 62.3 Å². The molecule has 0 bridgehead atoms. The SMILES string of the molecule is Cc1ccc(Br)c(C(=O)Cc2cncc(Br)c2)c1. The molecular formula is C14H11Br2NO. The third-order valence-corrected chi connectivity index (χ3v) is 3.67. The number of rotatable bonds is 3. The van der Waals surface area contributed by atoms with E-state index in [0.717, 1.165) is 25.6 Å². The molecule has 0 aliphatic carbocycles. The van der Waals surface area contributed by atoms with Gasteiger partial charge >= 0.3 is 0 Å². The van der Waals surface area contributed by atoms with Crippen LogP contribution < -0.4 is 0 Å². The maximum atomic E-state index is 12.2. The Morgan fingerprint density at radius 1 is 1.22 bits per heavy atom. The summed E-state index contributed by atoms with van der Waals surface area (Å²) in [5, 5.41) is 0. The number of aryl methyl sites for hydroxylation is 1. The minimum atomic E-state index is 0.0884. The number of pyridine rings is 1. The van der Waals surface area contributed by atoms with Crippen molar-refractivity contribution in [1.82, 2.24) is 4.98 Å². The molecule has 0 aliphatic rings. The zero-order chi connectivity index (χ0) is 13.1. The number of Topliss-reactive ketones (excluding diaryl/α,β-unsaturated/α-hetero) is 1. The Morgan fingerprint density at radius 2 is 2.00 bits per heavy atom. The van der Waals surface area contributed by atoms with Crippen LogP contribution in [0.3, 0.4) is 0 Å². The molecule has 1 aromatic heterocycles. The zero-order valence-corrected chi connectivity index (χ0v) is 13.0. The quantitative estimate of drug-likeness (QED) is 0.754. The standard InChI is InChI=1S/C14H11Br2NO/c1-9-2-3-13(16)12(4-9)14(18)6-10-5-11(15)8-17-7-10/h2-5,7-8H,6H2,1H3. The predicted molar refractivity (Wildman–Crippen MR) is 78.9 cm³/mol. The van der Waals surface area contributed by atoms with Crippen LogP contribution in [0.4, 0.5) is 0 Å². The maximum Gasteiger partial charge on any atom is 0.168 e. The van der Waals surface area contributed by atoms with E-state index >= 15 is 0 Å². The van der Waals surface area contributed by atoms with Crippen molar-refractivity contribution >= 4 is 37.6 Å². The van der Waals surface area contributed by atoms with E-state index < -0.39 is 0 Å². The van der Waals surface area contributed by atoms with Crippen molar-refractivity contribution < 1.29 is 4.79 Å². The first-order valence-electron chi connectivity index (χ1n) is 5.45. The Balaban J connectivity index is 2.24. The Labute approximate surface area is 123 Å². The van der Waals surface area contributed by atoms with Crippen molar-refractivity contribution in [3.8, 4) is 0 Å². The number of ketones is 1. The van der Waals surface area contributed by atoms with Gasteiger partial charge in [-0.1, -0.05) is 27.6 Å². The third kappa shape index (κ3) is 3.27. The van der Waals surface area contributed by atoms with Gasteiger partial charge in [0.25, 0.3) is 0 Å². The van der Waals surface area contributed by atoms with Crippen LogP contribution in [-0.2, 0) is 6.42 Å². The number of aromatic nitrogens is 1. The summed E-state index contributed by atoms with van der Waals surface area (Å²) in [6.07, 6.45) is 3.78. The lowest BCUT2D eigenvalue weighted by Crippen LogP contribution is -2.05. The first kappa shape index (κ1) is 13.4. The van der Waals surface area contributed by atoms with Gasteiger partial charge in [-0.05, 0) is 46.6 Å². The number of hydrogen-bond acceptors (Lipinski definition) is 2. The summed E-state index contributed by atoms with van der Waals surface area (Å²) in [5.74, 6) is 0.0884. The van der Waals surface area contributed by atoms with Gasteiger partial charge in [0, 0.05) is 33.3 Å². The topological polar surface area (TPSA) is 30.0 Å². The highest BCUT2D eigenvalue weighted by Gasteiger charge is 2.11. The zero-order valence-electron chi connectivity index (χ0n) is 9.78. The van der Waals surface area contributed by atoms with Gasteiger partial charge in [-0.3, -0.25) is 9.78 Å². The van der Waals surface area contributed by atoms with Gasteiger partial charge in [-0.15, -0.1) is 0 Å². The van der Waals surface area contributed by atoms with Crippen LogP contribution in [0.15, 0.2) is 45.6 Å². The van der Waals surface area contributed by atoms with Crippen LogP contribution in [-0.4, -0.2) is 10.8 Å². The predicted octanol–water partition coefficient (Wildman–Crippen LogP) is 4.34. The molecule has 2 rings (SSSR count). The fourth-order valence-corrected chi connectivity index (χ4v) is 2.57. The summed E-state index contributed by atoms with van der Waals surface area (Å²) in [4.78, 5) is 16.3. The number of benzene rings is 1. The molecule has 0 saturated carbocycles. The summed E-state index contributed by atoms with van der Waals surface area (Å²) in [6.45, 7) is 1.98. The average Bonchev–Trinajstić information content (AvgIpc) is 2.32. The minimum Gasteiger partial charge on any atom is -0.294 e. The first-order chi connectivity index (χ1) is 8.56. The molecule has 0 aliphatic heterocycles. The van der Waals surface area contributed by atoms with Crippen molar-refractivity contribution in [1.29, 1.82) is 0 Å². The van der Waals surface area contributed by atoms with Crippen molar-refractivity contribution in [3.63, 3.8) is 0 Å². The maximum absolute atomic E-state index is 12.2. The Kier molecular flexibility index (Phi) is 4.30. The molecule has 0 N–H and O–H groups in total. The average molecular weight is 369 g/mol. The lowest BCUT2D eigenvalue weighted by Gasteiger charge is -2.05. The van der Waals surface area contributed by atoms with Crippen molar-refractivity contribution in [2.24, 2.45) is 0 Å². The van der Waals surface area contributed by atoms with Crippen LogP contribution in [0, 0.1) is 6.92 Å². The molecule has 92 valence electrons. The smallest absolute Gasteiger partial charge is 0.168 e. The van der Waals surface area contributed by atoms with Crippen LogP contribution in [0.5, 0.6) is 0 Å². The lowest BCUT2D eigenvalue weighted by atomic mass is 10.0. The van der Waals surface area contributed by atoms with E-state index in [0.29, 0.717) is 6.42 Å². The second-order valence-corrected chi connectivity index (χ2v) is 5.86. The number of halogens is 2. The summed E-state index contributed by atoms with van der Waals surface area (Å²) < 4.78 is 1.72. The van der Waals surface area contributed by atoms with E-state index in [-0.39, 0.29) is 5.78 Å². The summed E-state index contributed by atoms with van der Waals surface area (Å²) in [7, 11) is 0. The van der Waals surface area contributed by atoms with E-state index in [1.807, 2.05) is 31.2 Å². The minimum absolute atomic E-state index is 0.0884. The molecule has 18 heavy (non-hydrogen) atoms. The van der Waals surface area contributed by atoms with Gasteiger partial charge in [-0.2, -0.15) is 0 Å². The van der Waals surface area contributed by atoms with Crippen LogP contribution >= 0.6 is 31.9 Å². The molecule has 0 amide bonds. The van der Waals surface area contributed by atoms with Crippen molar-refractivity contribution in [2.45, 2.75) is 13.3 Å². The molecule has 0 radical (unpaired) electrons. The molecule has 1 aromatic carbocycles. The van der Waals surface area contributed by atoms with Gasteiger partial charge < -0.3 is 0 Å². The highest BCUT2D eigenvalue weighted by molar-refractivity contribution is 9.10. The number of hydrogen-bond donors (Lipinski definition) is 0. The number of carbonyl (C=O) groups excluding carboxylic acids is 1. The van der Waals surface area contributed by atoms with Gasteiger partial charge in [0.2, 0.25) is 0 Å². The highest BCUT2D eigenvalue weighted by atomic mass is 79.9. The Hall–Kier alpha value is -1.000. The summed E-state index contributed by atoms with van der Waals surface area (Å²) in [6, 6.07) is 7.69. The van der Waals surface area contributed by atoms with E-state index in [1.165, 1.54) is 0 Å². The van der Waals surface area contributed by atoms with Crippen LogP contribution in [0.25, 0.3) is 0 Å². The molecule has 4 heteroatoms. The second-order valence-electron chi connectivity index (χ2n) is 4.09.